The van der Waals surface area contributed by atoms with Crippen LogP contribution in [0.5, 0.6) is 0 Å². The highest BCUT2D eigenvalue weighted by molar-refractivity contribution is 8.26. The van der Waals surface area contributed by atoms with E-state index in [9.17, 15) is 23.3 Å². The van der Waals surface area contributed by atoms with Crippen LogP contribution in [-0.2, 0) is 19.4 Å². The SMILES string of the molecule is CC(=O)Nc1ccc(/C=C2\SC(=S)N(/C=C(/C#N)S(=O)(=O)c3ccc(C)cc3)C2=O)cc1. The zero-order valence-electron chi connectivity index (χ0n) is 17.0. The second-order valence-corrected chi connectivity index (χ2v) is 10.4. The molecule has 1 aliphatic rings. The molecule has 1 fully saturated rings. The third-order valence-electron chi connectivity index (χ3n) is 4.33. The van der Waals surface area contributed by atoms with Crippen molar-refractivity contribution in [2.45, 2.75) is 18.7 Å². The van der Waals surface area contributed by atoms with Gasteiger partial charge in [0.15, 0.2) is 9.23 Å². The number of carbonyl (C=O) groups excluding carboxylic acids is 2. The fraction of sp³-hybridized carbons (Fsp3) is 0.0909. The molecule has 2 amide bonds. The number of allylic oxidation sites excluding steroid dienone is 1. The van der Waals surface area contributed by atoms with Crippen molar-refractivity contribution >= 4 is 61.7 Å². The number of hydrogen-bond donors (Lipinski definition) is 1. The summed E-state index contributed by atoms with van der Waals surface area (Å²) in [5.74, 6) is -0.725. The average molecular weight is 484 g/mol. The zero-order chi connectivity index (χ0) is 23.5. The molecule has 0 aliphatic carbocycles. The maximum absolute atomic E-state index is 12.8. The first-order valence-corrected chi connectivity index (χ1v) is 11.9. The normalized spacial score (nSPS) is 15.7. The summed E-state index contributed by atoms with van der Waals surface area (Å²) in [4.78, 5) is 24.6. The Labute approximate surface area is 195 Å². The number of hydrogen-bond acceptors (Lipinski definition) is 7. The molecule has 1 saturated heterocycles. The van der Waals surface area contributed by atoms with Crippen LogP contribution in [0.1, 0.15) is 18.1 Å². The van der Waals surface area contributed by atoms with Crippen molar-refractivity contribution in [1.82, 2.24) is 4.90 Å². The maximum atomic E-state index is 12.8. The van der Waals surface area contributed by atoms with Crippen LogP contribution in [0.15, 0.2) is 69.4 Å². The molecule has 3 rings (SSSR count). The van der Waals surface area contributed by atoms with E-state index in [4.69, 9.17) is 12.2 Å². The van der Waals surface area contributed by atoms with Gasteiger partial charge in [-0.1, -0.05) is 53.8 Å². The number of rotatable bonds is 5. The molecule has 1 N–H and O–H groups in total. The Morgan fingerprint density at radius 1 is 1.16 bits per heavy atom. The van der Waals surface area contributed by atoms with E-state index in [1.165, 1.54) is 19.1 Å². The fourth-order valence-corrected chi connectivity index (χ4v) is 5.05. The summed E-state index contributed by atoms with van der Waals surface area (Å²) >= 11 is 6.24. The number of thioether (sulfide) groups is 1. The third-order valence-corrected chi connectivity index (χ3v) is 7.33. The van der Waals surface area contributed by atoms with Crippen LogP contribution in [-0.4, -0.2) is 29.5 Å². The van der Waals surface area contributed by atoms with Gasteiger partial charge in [-0.3, -0.25) is 14.5 Å². The Kier molecular flexibility index (Phi) is 6.93. The molecule has 0 aromatic heterocycles. The lowest BCUT2D eigenvalue weighted by atomic mass is 10.2. The van der Waals surface area contributed by atoms with E-state index >= 15 is 0 Å². The van der Waals surface area contributed by atoms with Crippen molar-refractivity contribution in [2.75, 3.05) is 5.32 Å². The maximum Gasteiger partial charge on any atom is 0.270 e. The van der Waals surface area contributed by atoms with Crippen molar-refractivity contribution in [3.8, 4) is 6.07 Å². The molecule has 0 unspecified atom stereocenters. The minimum atomic E-state index is -4.11. The lowest BCUT2D eigenvalue weighted by Gasteiger charge is -2.10. The second-order valence-electron chi connectivity index (χ2n) is 6.78. The summed E-state index contributed by atoms with van der Waals surface area (Å²) in [7, 11) is -4.11. The predicted molar refractivity (Wildman–Crippen MR) is 128 cm³/mol. The molecule has 7 nitrogen and oxygen atoms in total. The lowest BCUT2D eigenvalue weighted by Crippen LogP contribution is -2.23. The molecule has 0 bridgehead atoms. The van der Waals surface area contributed by atoms with E-state index in [-0.39, 0.29) is 20.0 Å². The van der Waals surface area contributed by atoms with Gasteiger partial charge in [-0.2, -0.15) is 5.26 Å². The first-order valence-electron chi connectivity index (χ1n) is 9.20. The summed E-state index contributed by atoms with van der Waals surface area (Å²) in [6.07, 6.45) is 2.57. The number of nitrogens with one attached hydrogen (secondary N) is 1. The quantitative estimate of drug-likeness (QED) is 0.389. The minimum Gasteiger partial charge on any atom is -0.326 e. The molecule has 162 valence electrons. The molecule has 10 heteroatoms. The summed E-state index contributed by atoms with van der Waals surface area (Å²) in [6, 6.07) is 14.6. The van der Waals surface area contributed by atoms with Crippen LogP contribution < -0.4 is 5.32 Å². The molecular weight excluding hydrogens is 466 g/mol. The monoisotopic (exact) mass is 483 g/mol. The van der Waals surface area contributed by atoms with Gasteiger partial charge < -0.3 is 5.32 Å². The van der Waals surface area contributed by atoms with Gasteiger partial charge in [0.2, 0.25) is 15.7 Å². The third kappa shape index (κ3) is 5.13. The number of benzene rings is 2. The van der Waals surface area contributed by atoms with Crippen molar-refractivity contribution in [3.63, 3.8) is 0 Å². The standard InChI is InChI=1S/C22H17N3O4S3/c1-14-3-9-18(10-4-14)32(28,29)19(12-23)13-25-21(27)20(31-22(25)30)11-16-5-7-17(8-6-16)24-15(2)26/h3-11,13H,1-2H3,(H,24,26)/b19-13-,20-11-. The average Bonchev–Trinajstić information content (AvgIpc) is 3.00. The van der Waals surface area contributed by atoms with Crippen molar-refractivity contribution in [2.24, 2.45) is 0 Å². The molecule has 0 atom stereocenters. The fourth-order valence-electron chi connectivity index (χ4n) is 2.73. The topological polar surface area (TPSA) is 107 Å². The van der Waals surface area contributed by atoms with Crippen molar-refractivity contribution in [1.29, 1.82) is 5.26 Å². The van der Waals surface area contributed by atoms with Crippen molar-refractivity contribution < 1.29 is 18.0 Å². The summed E-state index contributed by atoms with van der Waals surface area (Å²) in [6.45, 7) is 3.22. The Morgan fingerprint density at radius 2 is 1.78 bits per heavy atom. The van der Waals surface area contributed by atoms with E-state index in [0.717, 1.165) is 28.4 Å². The van der Waals surface area contributed by atoms with E-state index in [1.54, 1.807) is 48.5 Å². The molecule has 0 spiro atoms. The Hall–Kier alpha value is -3.26. The highest BCUT2D eigenvalue weighted by Crippen LogP contribution is 2.34. The zero-order valence-corrected chi connectivity index (χ0v) is 19.5. The molecular formula is C22H17N3O4S3. The Bertz CT molecular complexity index is 1300. The van der Waals surface area contributed by atoms with E-state index in [2.05, 4.69) is 5.32 Å². The van der Waals surface area contributed by atoms with Gasteiger partial charge in [0.05, 0.1) is 9.80 Å². The predicted octanol–water partition coefficient (Wildman–Crippen LogP) is 3.99. The van der Waals surface area contributed by atoms with Crippen LogP contribution in [0.2, 0.25) is 0 Å². The van der Waals surface area contributed by atoms with Gasteiger partial charge in [0.1, 0.15) is 6.07 Å². The van der Waals surface area contributed by atoms with Crippen LogP contribution in [0.4, 0.5) is 5.69 Å². The highest BCUT2D eigenvalue weighted by atomic mass is 32.2. The first-order chi connectivity index (χ1) is 15.1. The Balaban J connectivity index is 1.88. The van der Waals surface area contributed by atoms with Gasteiger partial charge >= 0.3 is 0 Å². The largest absolute Gasteiger partial charge is 0.326 e. The van der Waals surface area contributed by atoms with Crippen LogP contribution in [0.3, 0.4) is 0 Å². The van der Waals surface area contributed by atoms with Crippen LogP contribution in [0.25, 0.3) is 6.08 Å². The molecule has 1 heterocycles. The summed E-state index contributed by atoms with van der Waals surface area (Å²) in [5, 5.41) is 12.1. The number of thiocarbonyl (C=S) groups is 1. The van der Waals surface area contributed by atoms with Crippen LogP contribution >= 0.6 is 24.0 Å². The summed E-state index contributed by atoms with van der Waals surface area (Å²) < 4.78 is 25.8. The van der Waals surface area contributed by atoms with Gasteiger partial charge in [-0.05, 0) is 42.8 Å². The smallest absolute Gasteiger partial charge is 0.270 e. The first kappa shape index (κ1) is 23.4. The number of aryl methyl sites for hydroxylation is 1. The number of amides is 2. The van der Waals surface area contributed by atoms with E-state index < -0.39 is 20.6 Å². The lowest BCUT2D eigenvalue weighted by molar-refractivity contribution is -0.120. The van der Waals surface area contributed by atoms with Crippen LogP contribution in [0, 0.1) is 18.3 Å². The molecule has 0 radical (unpaired) electrons. The molecule has 2 aromatic carbocycles. The molecule has 32 heavy (non-hydrogen) atoms. The number of anilines is 1. The Morgan fingerprint density at radius 3 is 2.34 bits per heavy atom. The van der Waals surface area contributed by atoms with E-state index in [1.807, 2.05) is 6.92 Å². The minimum absolute atomic E-state index is 0.0452. The molecule has 1 aliphatic heterocycles. The van der Waals surface area contributed by atoms with Gasteiger partial charge in [0.25, 0.3) is 5.91 Å². The molecule has 2 aromatic rings. The number of sulfone groups is 1. The highest BCUT2D eigenvalue weighted by Gasteiger charge is 2.33. The van der Waals surface area contributed by atoms with Crippen molar-refractivity contribution in [3.05, 3.63) is 75.7 Å². The number of carbonyl (C=O) groups is 2. The second kappa shape index (κ2) is 9.48. The number of nitriles is 1. The van der Waals surface area contributed by atoms with Gasteiger partial charge in [-0.25, -0.2) is 8.42 Å². The van der Waals surface area contributed by atoms with Gasteiger partial charge in [0, 0.05) is 18.8 Å². The molecule has 0 saturated carbocycles. The van der Waals surface area contributed by atoms with E-state index in [0.29, 0.717) is 11.3 Å². The number of nitrogens with zero attached hydrogens (tertiary/aromatic N) is 2. The summed E-state index contributed by atoms with van der Waals surface area (Å²) in [5.41, 5.74) is 2.18. The van der Waals surface area contributed by atoms with Gasteiger partial charge in [-0.15, -0.1) is 0 Å².